The number of hydrogen-bond acceptors (Lipinski definition) is 3. The molecule has 1 aromatic carbocycles. The van der Waals surface area contributed by atoms with Crippen molar-refractivity contribution in [2.24, 2.45) is 23.2 Å². The van der Waals surface area contributed by atoms with Crippen LogP contribution < -0.4 is 0 Å². The highest BCUT2D eigenvalue weighted by molar-refractivity contribution is 5.93. The van der Waals surface area contributed by atoms with Crippen molar-refractivity contribution in [3.63, 3.8) is 0 Å². The molecule has 0 spiro atoms. The number of aliphatic hydroxyl groups is 2. The number of hydrogen-bond donors (Lipinski definition) is 2. The Labute approximate surface area is 218 Å². The second-order valence-electron chi connectivity index (χ2n) is 12.4. The molecule has 1 aromatic rings. The Morgan fingerprint density at radius 3 is 2.29 bits per heavy atom. The van der Waals surface area contributed by atoms with Crippen LogP contribution in [0, 0.1) is 23.2 Å². The van der Waals surface area contributed by atoms with E-state index in [-0.39, 0.29) is 30.5 Å². The van der Waals surface area contributed by atoms with Gasteiger partial charge in [-0.1, -0.05) is 36.8 Å². The van der Waals surface area contributed by atoms with Crippen molar-refractivity contribution in [1.29, 1.82) is 0 Å². The Hall–Kier alpha value is -2.06. The first-order chi connectivity index (χ1) is 17.8. The quantitative estimate of drug-likeness (QED) is 0.409. The maximum absolute atomic E-state index is 15.1. The van der Waals surface area contributed by atoms with Gasteiger partial charge in [-0.15, -0.1) is 0 Å². The van der Waals surface area contributed by atoms with Crippen LogP contribution in [0.25, 0.3) is 0 Å². The largest absolute Gasteiger partial charge is 0.456 e. The molecule has 0 aliphatic heterocycles. The van der Waals surface area contributed by atoms with Crippen LogP contribution in [0.2, 0.25) is 0 Å². The minimum absolute atomic E-state index is 0.0408. The Kier molecular flexibility index (Phi) is 5.83. The van der Waals surface area contributed by atoms with Gasteiger partial charge in [0.25, 0.3) is 0 Å². The summed E-state index contributed by atoms with van der Waals surface area (Å²) < 4.78 is 71.2. The minimum atomic E-state index is -5.86. The molecule has 3 fully saturated rings. The summed E-state index contributed by atoms with van der Waals surface area (Å²) in [5.74, 6) is -6.18. The van der Waals surface area contributed by atoms with Gasteiger partial charge in [-0.05, 0) is 97.5 Å². The van der Waals surface area contributed by atoms with Crippen molar-refractivity contribution in [3.05, 3.63) is 58.2 Å². The number of fused-ring (bicyclic) bond motifs is 4. The van der Waals surface area contributed by atoms with Crippen LogP contribution in [0.1, 0.15) is 87.9 Å². The smallest absolute Gasteiger partial charge is 0.388 e. The fourth-order valence-corrected chi connectivity index (χ4v) is 8.32. The third-order valence-corrected chi connectivity index (χ3v) is 10.5. The van der Waals surface area contributed by atoms with Gasteiger partial charge < -0.3 is 10.2 Å². The summed E-state index contributed by atoms with van der Waals surface area (Å²) in [6.07, 6.45) is -1.37. The Morgan fingerprint density at radius 1 is 0.974 bits per heavy atom. The lowest BCUT2D eigenvalue weighted by molar-refractivity contribution is -0.362. The molecule has 3 saturated carbocycles. The molecule has 6 atom stereocenters. The van der Waals surface area contributed by atoms with Gasteiger partial charge >= 0.3 is 12.1 Å². The zero-order valence-corrected chi connectivity index (χ0v) is 21.3. The molecular weight excluding hydrogens is 503 g/mol. The van der Waals surface area contributed by atoms with Crippen LogP contribution in [0.15, 0.2) is 47.1 Å². The van der Waals surface area contributed by atoms with Gasteiger partial charge in [0.15, 0.2) is 5.78 Å². The summed E-state index contributed by atoms with van der Waals surface area (Å²) in [5, 5.41) is 21.9. The highest BCUT2D eigenvalue weighted by Gasteiger charge is 2.79. The number of ketones is 1. The number of benzene rings is 1. The fourth-order valence-electron chi connectivity index (χ4n) is 8.32. The molecule has 206 valence electrons. The van der Waals surface area contributed by atoms with E-state index in [1.54, 1.807) is 6.08 Å². The predicted octanol–water partition coefficient (Wildman–Crippen LogP) is 6.96. The van der Waals surface area contributed by atoms with Crippen molar-refractivity contribution in [2.75, 3.05) is 0 Å². The number of allylic oxidation sites excluding steroid dienone is 4. The zero-order valence-electron chi connectivity index (χ0n) is 21.3. The molecule has 0 bridgehead atoms. The summed E-state index contributed by atoms with van der Waals surface area (Å²) in [6, 6.07) is 7.34. The first-order valence-corrected chi connectivity index (χ1v) is 13.7. The standard InChI is InChI=1S/C30H33F5O3/c1-27-15-23(16-2-4-17(5-3-16)26(37)18-6-7-18)25-21-11-9-20(36)14-19(21)8-10-22(25)24(27)12-13-28(27,38)29(31,32)30(33,34)35/h2-5,14,18,22-24,26,37-38H,6-13,15H2,1H3/t22-,23+,24-,26?,27-,28-/m0/s1. The molecule has 5 aliphatic carbocycles. The predicted molar refractivity (Wildman–Crippen MR) is 130 cm³/mol. The van der Waals surface area contributed by atoms with Crippen LogP contribution in [-0.2, 0) is 4.79 Å². The van der Waals surface area contributed by atoms with Crippen LogP contribution in [0.3, 0.4) is 0 Å². The summed E-state index contributed by atoms with van der Waals surface area (Å²) in [6.45, 7) is 1.43. The highest BCUT2D eigenvalue weighted by atomic mass is 19.4. The van der Waals surface area contributed by atoms with E-state index in [4.69, 9.17) is 0 Å². The number of carbonyl (C=O) groups is 1. The molecule has 0 amide bonds. The first-order valence-electron chi connectivity index (χ1n) is 13.7. The van der Waals surface area contributed by atoms with Crippen molar-refractivity contribution in [3.8, 4) is 0 Å². The molecule has 3 nitrogen and oxygen atoms in total. The van der Waals surface area contributed by atoms with E-state index in [1.165, 1.54) is 6.92 Å². The number of alkyl halides is 5. The topological polar surface area (TPSA) is 57.5 Å². The Bertz CT molecular complexity index is 1210. The second kappa shape index (κ2) is 8.47. The molecular formula is C30H33F5O3. The van der Waals surface area contributed by atoms with Gasteiger partial charge in [-0.3, -0.25) is 4.79 Å². The molecule has 8 heteroatoms. The molecule has 2 N–H and O–H groups in total. The van der Waals surface area contributed by atoms with Crippen LogP contribution in [-0.4, -0.2) is 33.7 Å². The van der Waals surface area contributed by atoms with Gasteiger partial charge in [0.1, 0.15) is 5.60 Å². The van der Waals surface area contributed by atoms with Crippen molar-refractivity contribution in [2.45, 2.75) is 94.4 Å². The average molecular weight is 537 g/mol. The normalized spacial score (nSPS) is 36.4. The maximum Gasteiger partial charge on any atom is 0.456 e. The first kappa shape index (κ1) is 26.2. The SMILES string of the molecule is C[C@]12C[C@H](c3ccc(C(O)C4CC4)cc3)C3=C4CCC(=O)C=C4CC[C@H]3[C@@H]1CC[C@@]2(O)C(F)(F)C(F)(F)F. The molecule has 0 heterocycles. The third kappa shape index (κ3) is 3.61. The summed E-state index contributed by atoms with van der Waals surface area (Å²) >= 11 is 0. The molecule has 5 aliphatic rings. The van der Waals surface area contributed by atoms with E-state index in [9.17, 15) is 28.2 Å². The van der Waals surface area contributed by atoms with Crippen LogP contribution in [0.5, 0.6) is 0 Å². The number of aliphatic hydroxyl groups excluding tert-OH is 1. The van der Waals surface area contributed by atoms with Gasteiger partial charge in [0, 0.05) is 17.8 Å². The van der Waals surface area contributed by atoms with Crippen molar-refractivity contribution in [1.82, 2.24) is 0 Å². The average Bonchev–Trinajstić information content (AvgIpc) is 3.67. The molecule has 0 saturated heterocycles. The summed E-state index contributed by atoms with van der Waals surface area (Å²) in [4.78, 5) is 12.2. The van der Waals surface area contributed by atoms with Gasteiger partial charge in [-0.2, -0.15) is 22.0 Å². The van der Waals surface area contributed by atoms with Gasteiger partial charge in [-0.25, -0.2) is 0 Å². The van der Waals surface area contributed by atoms with E-state index in [0.29, 0.717) is 25.7 Å². The fraction of sp³-hybridized carbons (Fsp3) is 0.633. The number of halogens is 5. The zero-order chi connectivity index (χ0) is 27.3. The molecule has 0 radical (unpaired) electrons. The maximum atomic E-state index is 15.1. The Balaban J connectivity index is 1.48. The Morgan fingerprint density at radius 2 is 1.66 bits per heavy atom. The van der Waals surface area contributed by atoms with Gasteiger partial charge in [0.2, 0.25) is 0 Å². The van der Waals surface area contributed by atoms with E-state index in [0.717, 1.165) is 40.7 Å². The van der Waals surface area contributed by atoms with E-state index >= 15 is 8.78 Å². The summed E-state index contributed by atoms with van der Waals surface area (Å²) in [7, 11) is 0. The lowest BCUT2D eigenvalue weighted by Crippen LogP contribution is -2.65. The molecule has 1 unspecified atom stereocenters. The van der Waals surface area contributed by atoms with Crippen LogP contribution in [0.4, 0.5) is 22.0 Å². The molecule has 38 heavy (non-hydrogen) atoms. The highest BCUT2D eigenvalue weighted by Crippen LogP contribution is 2.70. The van der Waals surface area contributed by atoms with Crippen LogP contribution >= 0.6 is 0 Å². The van der Waals surface area contributed by atoms with E-state index in [1.807, 2.05) is 24.3 Å². The number of carbonyl (C=O) groups excluding carboxylic acids is 1. The number of rotatable bonds is 4. The lowest BCUT2D eigenvalue weighted by atomic mass is 9.50. The third-order valence-electron chi connectivity index (χ3n) is 10.5. The minimum Gasteiger partial charge on any atom is -0.388 e. The van der Waals surface area contributed by atoms with Crippen molar-refractivity contribution < 1.29 is 37.0 Å². The summed E-state index contributed by atoms with van der Waals surface area (Å²) in [5.41, 5.74) is -0.275. The molecule has 6 rings (SSSR count). The van der Waals surface area contributed by atoms with E-state index in [2.05, 4.69) is 0 Å². The van der Waals surface area contributed by atoms with E-state index < -0.39 is 47.5 Å². The lowest BCUT2D eigenvalue weighted by Gasteiger charge is -2.56. The monoisotopic (exact) mass is 536 g/mol. The van der Waals surface area contributed by atoms with Gasteiger partial charge in [0.05, 0.1) is 6.10 Å². The second-order valence-corrected chi connectivity index (χ2v) is 12.4. The molecule has 0 aromatic heterocycles. The van der Waals surface area contributed by atoms with Crippen molar-refractivity contribution >= 4 is 5.78 Å².